The fourth-order valence-corrected chi connectivity index (χ4v) is 4.95. The summed E-state index contributed by atoms with van der Waals surface area (Å²) in [6.07, 6.45) is 7.06. The van der Waals surface area contributed by atoms with E-state index < -0.39 is 11.7 Å². The lowest BCUT2D eigenvalue weighted by Crippen LogP contribution is -2.45. The average molecular weight is 492 g/mol. The van der Waals surface area contributed by atoms with Gasteiger partial charge in [0.15, 0.2) is 11.6 Å². The van der Waals surface area contributed by atoms with Gasteiger partial charge in [-0.05, 0) is 80.5 Å². The van der Waals surface area contributed by atoms with Crippen LogP contribution in [0.1, 0.15) is 40.7 Å². The number of aromatic amines is 1. The summed E-state index contributed by atoms with van der Waals surface area (Å²) in [4.78, 5) is 17.7. The standard InChI is InChI=1S/C25H27ClFN3O2.ClH/c26-17-5-8-23-20(10-17)16(12-29-23)2-1-9-30(13-15-3-4-15)18-11-21-19(25(28)31)6-7-22(27)24(21)32-14-18;/h5-8,10,12,15,18,29H,1-4,9,11,13-14H2,(H2,28,31);1H. The molecule has 5 rings (SSSR count). The maximum Gasteiger partial charge on any atom is 0.249 e. The normalized spacial score (nSPS) is 17.5. The van der Waals surface area contributed by atoms with Crippen molar-refractivity contribution < 1.29 is 13.9 Å². The number of primary amides is 1. The van der Waals surface area contributed by atoms with E-state index in [1.54, 1.807) is 0 Å². The van der Waals surface area contributed by atoms with Gasteiger partial charge in [0.05, 0.1) is 0 Å². The number of nitrogens with two attached hydrogens (primary N) is 1. The summed E-state index contributed by atoms with van der Waals surface area (Å²) in [5.74, 6) is -0.0848. The minimum Gasteiger partial charge on any atom is -0.489 e. The molecular formula is C25H28Cl2FN3O2. The Balaban J connectivity index is 0.00000259. The van der Waals surface area contributed by atoms with Gasteiger partial charge in [-0.25, -0.2) is 4.39 Å². The topological polar surface area (TPSA) is 71.4 Å². The number of halogens is 3. The highest BCUT2D eigenvalue weighted by Gasteiger charge is 2.33. The number of rotatable bonds is 8. The lowest BCUT2D eigenvalue weighted by molar-refractivity contribution is 0.0980. The molecule has 0 saturated heterocycles. The molecule has 1 aromatic heterocycles. The Bertz CT molecular complexity index is 1160. The maximum atomic E-state index is 14.3. The molecule has 5 nitrogen and oxygen atoms in total. The van der Waals surface area contributed by atoms with Gasteiger partial charge < -0.3 is 15.5 Å². The first-order chi connectivity index (χ1) is 15.5. The monoisotopic (exact) mass is 491 g/mol. The molecule has 1 unspecified atom stereocenters. The van der Waals surface area contributed by atoms with Crippen LogP contribution >= 0.6 is 24.0 Å². The number of aryl methyl sites for hydroxylation is 1. The highest BCUT2D eigenvalue weighted by Crippen LogP contribution is 2.35. The number of carbonyl (C=O) groups excluding carboxylic acids is 1. The number of H-pyrrole nitrogens is 1. The second-order valence-corrected chi connectivity index (χ2v) is 9.42. The van der Waals surface area contributed by atoms with Gasteiger partial charge in [-0.3, -0.25) is 9.69 Å². The Kier molecular flexibility index (Phi) is 7.17. The lowest BCUT2D eigenvalue weighted by atomic mass is 9.95. The first-order valence-electron chi connectivity index (χ1n) is 11.2. The summed E-state index contributed by atoms with van der Waals surface area (Å²) >= 11 is 6.19. The van der Waals surface area contributed by atoms with E-state index in [9.17, 15) is 9.18 Å². The Morgan fingerprint density at radius 1 is 1.27 bits per heavy atom. The molecule has 2 heterocycles. The number of aromatic nitrogens is 1. The van der Waals surface area contributed by atoms with Crippen molar-refractivity contribution in [3.8, 4) is 5.75 Å². The van der Waals surface area contributed by atoms with Gasteiger partial charge in [-0.2, -0.15) is 0 Å². The summed E-state index contributed by atoms with van der Waals surface area (Å²) in [6, 6.07) is 8.74. The van der Waals surface area contributed by atoms with E-state index in [2.05, 4.69) is 16.1 Å². The van der Waals surface area contributed by atoms with Gasteiger partial charge in [0.2, 0.25) is 5.91 Å². The molecule has 1 aliphatic carbocycles. The predicted molar refractivity (Wildman–Crippen MR) is 131 cm³/mol. The molecule has 0 spiro atoms. The SMILES string of the molecule is Cl.NC(=O)c1ccc(F)c2c1CC(N(CCCc1c[nH]c3ccc(Cl)cc13)CC1CC1)CO2. The van der Waals surface area contributed by atoms with E-state index in [4.69, 9.17) is 22.1 Å². The van der Waals surface area contributed by atoms with Crippen LogP contribution in [0.25, 0.3) is 10.9 Å². The van der Waals surface area contributed by atoms with Crippen LogP contribution in [0.2, 0.25) is 5.02 Å². The molecular weight excluding hydrogens is 464 g/mol. The molecule has 2 aliphatic rings. The second kappa shape index (κ2) is 9.92. The molecule has 1 atom stereocenters. The quantitative estimate of drug-likeness (QED) is 0.458. The number of carbonyl (C=O) groups is 1. The third kappa shape index (κ3) is 5.13. The van der Waals surface area contributed by atoms with Crippen LogP contribution < -0.4 is 10.5 Å². The highest BCUT2D eigenvalue weighted by molar-refractivity contribution is 6.31. The van der Waals surface area contributed by atoms with Gasteiger partial charge in [0.25, 0.3) is 0 Å². The van der Waals surface area contributed by atoms with E-state index in [1.807, 2.05) is 18.2 Å². The number of amides is 1. The number of fused-ring (bicyclic) bond motifs is 2. The molecule has 3 aromatic rings. The molecule has 1 amide bonds. The lowest BCUT2D eigenvalue weighted by Gasteiger charge is -2.36. The summed E-state index contributed by atoms with van der Waals surface area (Å²) < 4.78 is 20.1. The molecule has 1 fully saturated rings. The zero-order valence-corrected chi connectivity index (χ0v) is 19.9. The van der Waals surface area contributed by atoms with Crippen molar-refractivity contribution in [2.24, 2.45) is 11.7 Å². The Labute approximate surface area is 203 Å². The van der Waals surface area contributed by atoms with Crippen molar-refractivity contribution in [1.82, 2.24) is 9.88 Å². The largest absolute Gasteiger partial charge is 0.489 e. The van der Waals surface area contributed by atoms with Crippen LogP contribution in [-0.2, 0) is 12.8 Å². The molecule has 33 heavy (non-hydrogen) atoms. The van der Waals surface area contributed by atoms with E-state index in [1.165, 1.54) is 35.9 Å². The number of nitrogens with zero attached hydrogens (tertiary/aromatic N) is 1. The number of hydrogen-bond acceptors (Lipinski definition) is 3. The minimum absolute atomic E-state index is 0. The van der Waals surface area contributed by atoms with Crippen molar-refractivity contribution in [1.29, 1.82) is 0 Å². The van der Waals surface area contributed by atoms with E-state index in [-0.39, 0.29) is 24.2 Å². The molecule has 0 radical (unpaired) electrons. The van der Waals surface area contributed by atoms with Gasteiger partial charge in [0, 0.05) is 45.8 Å². The van der Waals surface area contributed by atoms with Crippen molar-refractivity contribution in [3.63, 3.8) is 0 Å². The number of benzene rings is 2. The molecule has 2 aromatic carbocycles. The van der Waals surface area contributed by atoms with Crippen molar-refractivity contribution in [2.45, 2.75) is 38.1 Å². The zero-order chi connectivity index (χ0) is 22.2. The zero-order valence-electron chi connectivity index (χ0n) is 18.3. The van der Waals surface area contributed by atoms with Crippen LogP contribution in [0.3, 0.4) is 0 Å². The third-order valence-corrected chi connectivity index (χ3v) is 6.90. The first kappa shape index (κ1) is 23.9. The van der Waals surface area contributed by atoms with Gasteiger partial charge in [-0.1, -0.05) is 11.6 Å². The minimum atomic E-state index is -0.544. The van der Waals surface area contributed by atoms with Crippen molar-refractivity contribution in [3.05, 3.63) is 64.1 Å². The molecule has 0 bridgehead atoms. The summed E-state index contributed by atoms with van der Waals surface area (Å²) in [6.45, 7) is 2.33. The fraction of sp³-hybridized carbons (Fsp3) is 0.400. The van der Waals surface area contributed by atoms with Crippen LogP contribution in [0.15, 0.2) is 36.5 Å². The summed E-state index contributed by atoms with van der Waals surface area (Å²) in [5.41, 5.74) is 8.86. The van der Waals surface area contributed by atoms with Gasteiger partial charge >= 0.3 is 0 Å². The average Bonchev–Trinajstić information content (AvgIpc) is 3.51. The Morgan fingerprint density at radius 3 is 2.85 bits per heavy atom. The Morgan fingerprint density at radius 2 is 2.09 bits per heavy atom. The van der Waals surface area contributed by atoms with Crippen LogP contribution in [0.5, 0.6) is 5.75 Å². The summed E-state index contributed by atoms with van der Waals surface area (Å²) in [5, 5.41) is 1.91. The van der Waals surface area contributed by atoms with E-state index >= 15 is 0 Å². The molecule has 3 N–H and O–H groups in total. The third-order valence-electron chi connectivity index (χ3n) is 6.66. The second-order valence-electron chi connectivity index (χ2n) is 8.98. The predicted octanol–water partition coefficient (Wildman–Crippen LogP) is 5.13. The molecule has 176 valence electrons. The van der Waals surface area contributed by atoms with Gasteiger partial charge in [0.1, 0.15) is 6.61 Å². The maximum absolute atomic E-state index is 14.3. The van der Waals surface area contributed by atoms with E-state index in [0.717, 1.165) is 36.5 Å². The number of nitrogens with one attached hydrogen (secondary N) is 1. The number of hydrogen-bond donors (Lipinski definition) is 2. The molecule has 8 heteroatoms. The number of ether oxygens (including phenoxy) is 1. The molecule has 1 aliphatic heterocycles. The molecule has 1 saturated carbocycles. The van der Waals surface area contributed by atoms with Crippen molar-refractivity contribution in [2.75, 3.05) is 19.7 Å². The van der Waals surface area contributed by atoms with E-state index in [0.29, 0.717) is 30.1 Å². The smallest absolute Gasteiger partial charge is 0.249 e. The summed E-state index contributed by atoms with van der Waals surface area (Å²) in [7, 11) is 0. The fourth-order valence-electron chi connectivity index (χ4n) is 4.78. The Hall–Kier alpha value is -2.28. The van der Waals surface area contributed by atoms with Crippen LogP contribution in [0.4, 0.5) is 4.39 Å². The van der Waals surface area contributed by atoms with Crippen molar-refractivity contribution >= 4 is 40.8 Å². The van der Waals surface area contributed by atoms with Crippen LogP contribution in [0, 0.1) is 11.7 Å². The van der Waals surface area contributed by atoms with Gasteiger partial charge in [-0.15, -0.1) is 12.4 Å². The van der Waals surface area contributed by atoms with Crippen LogP contribution in [-0.4, -0.2) is 41.5 Å². The first-order valence-corrected chi connectivity index (χ1v) is 11.6. The highest BCUT2D eigenvalue weighted by atomic mass is 35.5.